The fraction of sp³-hybridized carbons (Fsp3) is 0.692. The number of hydrogen-bond donors (Lipinski definition) is 1. The van der Waals surface area contributed by atoms with Gasteiger partial charge in [0.05, 0.1) is 18.1 Å². The molecule has 0 aromatic carbocycles. The Morgan fingerprint density at radius 1 is 1.33 bits per heavy atom. The molecular weight excluding hydrogens is 244 g/mol. The molecular formula is C13H24N4S. The maximum Gasteiger partial charge on any atom is 0.146 e. The fourth-order valence-electron chi connectivity index (χ4n) is 1.47. The van der Waals surface area contributed by atoms with Gasteiger partial charge in [-0.25, -0.2) is 4.98 Å². The zero-order valence-corrected chi connectivity index (χ0v) is 12.6. The third-order valence-corrected chi connectivity index (χ3v) is 3.16. The highest BCUT2D eigenvalue weighted by Gasteiger charge is 2.03. The Morgan fingerprint density at radius 3 is 2.67 bits per heavy atom. The van der Waals surface area contributed by atoms with Crippen LogP contribution in [0.4, 0.5) is 5.82 Å². The average Bonchev–Trinajstić information content (AvgIpc) is 2.36. The topological polar surface area (TPSA) is 41.1 Å². The zero-order chi connectivity index (χ0) is 13.4. The molecule has 0 amide bonds. The first-order chi connectivity index (χ1) is 8.63. The maximum absolute atomic E-state index is 4.44. The lowest BCUT2D eigenvalue weighted by molar-refractivity contribution is 0.547. The molecule has 0 spiro atoms. The van der Waals surface area contributed by atoms with Crippen molar-refractivity contribution >= 4 is 17.6 Å². The van der Waals surface area contributed by atoms with Gasteiger partial charge >= 0.3 is 0 Å². The van der Waals surface area contributed by atoms with E-state index in [0.717, 1.165) is 36.9 Å². The molecule has 1 N–H and O–H groups in total. The van der Waals surface area contributed by atoms with Crippen LogP contribution in [0.25, 0.3) is 0 Å². The monoisotopic (exact) mass is 268 g/mol. The highest BCUT2D eigenvalue weighted by atomic mass is 32.2. The lowest BCUT2D eigenvalue weighted by Crippen LogP contribution is -2.22. The van der Waals surface area contributed by atoms with Gasteiger partial charge in [-0.2, -0.15) is 11.8 Å². The molecule has 1 rings (SSSR count). The van der Waals surface area contributed by atoms with Crippen LogP contribution in [0.2, 0.25) is 0 Å². The molecule has 0 fully saturated rings. The van der Waals surface area contributed by atoms with E-state index in [1.807, 2.05) is 24.2 Å². The van der Waals surface area contributed by atoms with Gasteiger partial charge in [0.15, 0.2) is 0 Å². The molecule has 0 aliphatic carbocycles. The SMILES string of the molecule is CSCCN(C)c1cnc(CNCC(C)C)cn1. The van der Waals surface area contributed by atoms with Crippen LogP contribution < -0.4 is 10.2 Å². The van der Waals surface area contributed by atoms with Crippen molar-refractivity contribution in [2.45, 2.75) is 20.4 Å². The highest BCUT2D eigenvalue weighted by Crippen LogP contribution is 2.07. The summed E-state index contributed by atoms with van der Waals surface area (Å²) in [7, 11) is 2.05. The number of thioether (sulfide) groups is 1. The normalized spacial score (nSPS) is 10.9. The average molecular weight is 268 g/mol. The van der Waals surface area contributed by atoms with Crippen LogP contribution in [0.15, 0.2) is 12.4 Å². The number of nitrogens with zero attached hydrogens (tertiary/aromatic N) is 3. The lowest BCUT2D eigenvalue weighted by Gasteiger charge is -2.17. The summed E-state index contributed by atoms with van der Waals surface area (Å²) in [5.74, 6) is 2.71. The molecule has 102 valence electrons. The van der Waals surface area contributed by atoms with Crippen molar-refractivity contribution in [2.75, 3.05) is 37.0 Å². The quantitative estimate of drug-likeness (QED) is 0.781. The Hall–Kier alpha value is -0.810. The first-order valence-electron chi connectivity index (χ1n) is 6.35. The van der Waals surface area contributed by atoms with E-state index >= 15 is 0 Å². The van der Waals surface area contributed by atoms with Crippen molar-refractivity contribution in [1.82, 2.24) is 15.3 Å². The molecule has 1 aromatic heterocycles. The number of rotatable bonds is 8. The molecule has 5 heteroatoms. The smallest absolute Gasteiger partial charge is 0.146 e. The van der Waals surface area contributed by atoms with Gasteiger partial charge in [-0.05, 0) is 18.7 Å². The van der Waals surface area contributed by atoms with E-state index in [0.29, 0.717) is 5.92 Å². The summed E-state index contributed by atoms with van der Waals surface area (Å²) in [6.45, 7) is 7.20. The predicted molar refractivity (Wildman–Crippen MR) is 80.2 cm³/mol. The Labute approximate surface area is 115 Å². The Morgan fingerprint density at radius 2 is 2.11 bits per heavy atom. The van der Waals surface area contributed by atoms with Gasteiger partial charge in [0, 0.05) is 25.9 Å². The van der Waals surface area contributed by atoms with Gasteiger partial charge in [-0.3, -0.25) is 4.98 Å². The van der Waals surface area contributed by atoms with E-state index in [-0.39, 0.29) is 0 Å². The van der Waals surface area contributed by atoms with E-state index in [2.05, 4.69) is 47.3 Å². The Balaban J connectivity index is 2.41. The molecule has 0 unspecified atom stereocenters. The molecule has 0 saturated heterocycles. The van der Waals surface area contributed by atoms with Crippen molar-refractivity contribution in [3.05, 3.63) is 18.1 Å². The van der Waals surface area contributed by atoms with Crippen LogP contribution in [0.1, 0.15) is 19.5 Å². The molecule has 1 aromatic rings. The van der Waals surface area contributed by atoms with Crippen LogP contribution in [-0.2, 0) is 6.54 Å². The van der Waals surface area contributed by atoms with Crippen molar-refractivity contribution in [3.63, 3.8) is 0 Å². The first kappa shape index (κ1) is 15.2. The van der Waals surface area contributed by atoms with Crippen LogP contribution >= 0.6 is 11.8 Å². The van der Waals surface area contributed by atoms with E-state index in [9.17, 15) is 0 Å². The summed E-state index contributed by atoms with van der Waals surface area (Å²) in [4.78, 5) is 11.0. The lowest BCUT2D eigenvalue weighted by atomic mass is 10.2. The number of anilines is 1. The second-order valence-electron chi connectivity index (χ2n) is 4.81. The van der Waals surface area contributed by atoms with Crippen LogP contribution in [0, 0.1) is 5.92 Å². The van der Waals surface area contributed by atoms with E-state index in [1.165, 1.54) is 0 Å². The van der Waals surface area contributed by atoms with Crippen LogP contribution in [0.3, 0.4) is 0 Å². The maximum atomic E-state index is 4.44. The largest absolute Gasteiger partial charge is 0.358 e. The summed E-state index contributed by atoms with van der Waals surface area (Å²) in [6, 6.07) is 0. The second kappa shape index (κ2) is 8.32. The molecule has 18 heavy (non-hydrogen) atoms. The second-order valence-corrected chi connectivity index (χ2v) is 5.79. The Kier molecular flexibility index (Phi) is 7.05. The molecule has 0 aliphatic heterocycles. The fourth-order valence-corrected chi connectivity index (χ4v) is 1.92. The molecule has 0 bridgehead atoms. The number of hydrogen-bond acceptors (Lipinski definition) is 5. The van der Waals surface area contributed by atoms with Crippen molar-refractivity contribution in [2.24, 2.45) is 5.92 Å². The van der Waals surface area contributed by atoms with Crippen molar-refractivity contribution in [1.29, 1.82) is 0 Å². The minimum Gasteiger partial charge on any atom is -0.358 e. The van der Waals surface area contributed by atoms with Crippen molar-refractivity contribution in [3.8, 4) is 0 Å². The molecule has 0 aliphatic rings. The van der Waals surface area contributed by atoms with E-state index < -0.39 is 0 Å². The van der Waals surface area contributed by atoms with Gasteiger partial charge in [0.2, 0.25) is 0 Å². The predicted octanol–water partition coefficient (Wildman–Crippen LogP) is 2.02. The molecule has 1 heterocycles. The molecule has 0 radical (unpaired) electrons. The van der Waals surface area contributed by atoms with Crippen LogP contribution in [-0.4, -0.2) is 42.1 Å². The third-order valence-electron chi connectivity index (χ3n) is 2.57. The van der Waals surface area contributed by atoms with Gasteiger partial charge in [-0.1, -0.05) is 13.8 Å². The summed E-state index contributed by atoms with van der Waals surface area (Å²) in [5.41, 5.74) is 0.998. The standard InChI is InChI=1S/C13H24N4S/c1-11(2)7-14-8-12-9-16-13(10-15-12)17(3)5-6-18-4/h9-11,14H,5-8H2,1-4H3. The number of nitrogens with one attached hydrogen (secondary N) is 1. The van der Waals surface area contributed by atoms with Crippen LogP contribution in [0.5, 0.6) is 0 Å². The van der Waals surface area contributed by atoms with Gasteiger partial charge in [0.25, 0.3) is 0 Å². The molecule has 4 nitrogen and oxygen atoms in total. The minimum atomic E-state index is 0.662. The first-order valence-corrected chi connectivity index (χ1v) is 7.74. The summed E-state index contributed by atoms with van der Waals surface area (Å²) in [6.07, 6.45) is 5.83. The molecule has 0 atom stereocenters. The minimum absolute atomic E-state index is 0.662. The van der Waals surface area contributed by atoms with Gasteiger partial charge < -0.3 is 10.2 Å². The zero-order valence-electron chi connectivity index (χ0n) is 11.8. The van der Waals surface area contributed by atoms with Crippen molar-refractivity contribution < 1.29 is 0 Å². The summed E-state index contributed by atoms with van der Waals surface area (Å²) < 4.78 is 0. The van der Waals surface area contributed by atoms with Gasteiger partial charge in [-0.15, -0.1) is 0 Å². The molecule has 0 saturated carbocycles. The summed E-state index contributed by atoms with van der Waals surface area (Å²) >= 11 is 1.84. The summed E-state index contributed by atoms with van der Waals surface area (Å²) in [5, 5.41) is 3.36. The Bertz CT molecular complexity index is 326. The van der Waals surface area contributed by atoms with E-state index in [1.54, 1.807) is 0 Å². The number of aromatic nitrogens is 2. The highest BCUT2D eigenvalue weighted by molar-refractivity contribution is 7.98. The third kappa shape index (κ3) is 5.69. The van der Waals surface area contributed by atoms with E-state index in [4.69, 9.17) is 0 Å². The van der Waals surface area contributed by atoms with Gasteiger partial charge in [0.1, 0.15) is 5.82 Å².